The van der Waals surface area contributed by atoms with Crippen molar-refractivity contribution < 1.29 is 30.7 Å². The lowest BCUT2D eigenvalue weighted by molar-refractivity contribution is -0.255. The predicted molar refractivity (Wildman–Crippen MR) is 56.3 cm³/mol. The van der Waals surface area contributed by atoms with E-state index in [9.17, 15) is 26.0 Å². The first-order chi connectivity index (χ1) is 8.00. The smallest absolute Gasteiger partial charge is 0.369 e. The van der Waals surface area contributed by atoms with Crippen LogP contribution >= 0.6 is 0 Å². The molecule has 0 aromatic rings. The summed E-state index contributed by atoms with van der Waals surface area (Å²) in [5, 5.41) is 0. The molecular weight excluding hydrogens is 278 g/mol. The van der Waals surface area contributed by atoms with Gasteiger partial charge in [0.25, 0.3) is 0 Å². The SMILES string of the molecule is COC(C(F)(F)F)C1(F)CCN(S(C)(=O)=O)CC1. The fourth-order valence-electron chi connectivity index (χ4n) is 2.09. The molecule has 1 unspecified atom stereocenters. The van der Waals surface area contributed by atoms with E-state index >= 15 is 0 Å². The number of halogens is 4. The third-order valence-electron chi connectivity index (χ3n) is 3.03. The molecule has 1 saturated heterocycles. The van der Waals surface area contributed by atoms with Crippen LogP contribution in [0, 0.1) is 0 Å². The van der Waals surface area contributed by atoms with Crippen molar-refractivity contribution in [2.24, 2.45) is 0 Å². The molecule has 4 nitrogen and oxygen atoms in total. The Morgan fingerprint density at radius 1 is 1.28 bits per heavy atom. The molecule has 0 bridgehead atoms. The molecule has 0 aromatic carbocycles. The molecule has 108 valence electrons. The first-order valence-corrected chi connectivity index (χ1v) is 7.09. The topological polar surface area (TPSA) is 46.6 Å². The van der Waals surface area contributed by atoms with Crippen LogP contribution in [0.2, 0.25) is 0 Å². The predicted octanol–water partition coefficient (Wildman–Crippen LogP) is 1.33. The molecule has 0 aromatic heterocycles. The van der Waals surface area contributed by atoms with Gasteiger partial charge < -0.3 is 4.74 Å². The molecule has 1 rings (SSSR count). The number of hydrogen-bond acceptors (Lipinski definition) is 3. The van der Waals surface area contributed by atoms with Gasteiger partial charge in [0.1, 0.15) is 5.67 Å². The van der Waals surface area contributed by atoms with Gasteiger partial charge in [0, 0.05) is 20.2 Å². The fraction of sp³-hybridized carbons (Fsp3) is 1.00. The summed E-state index contributed by atoms with van der Waals surface area (Å²) in [6, 6.07) is 0. The monoisotopic (exact) mass is 293 g/mol. The Morgan fingerprint density at radius 2 is 1.72 bits per heavy atom. The summed E-state index contributed by atoms with van der Waals surface area (Å²) in [5.74, 6) is 0. The average molecular weight is 293 g/mol. The zero-order valence-corrected chi connectivity index (χ0v) is 10.8. The van der Waals surface area contributed by atoms with Crippen molar-refractivity contribution in [3.8, 4) is 0 Å². The van der Waals surface area contributed by atoms with E-state index < -0.39 is 40.8 Å². The Labute approximate surface area is 103 Å². The van der Waals surface area contributed by atoms with Gasteiger partial charge in [-0.3, -0.25) is 0 Å². The number of nitrogens with zero attached hydrogens (tertiary/aromatic N) is 1. The normalized spacial score (nSPS) is 23.9. The molecule has 9 heteroatoms. The molecule has 0 saturated carbocycles. The Kier molecular flexibility index (Phi) is 4.29. The number of sulfonamides is 1. The van der Waals surface area contributed by atoms with Gasteiger partial charge in [-0.15, -0.1) is 0 Å². The molecule has 0 amide bonds. The molecule has 18 heavy (non-hydrogen) atoms. The summed E-state index contributed by atoms with van der Waals surface area (Å²) >= 11 is 0. The number of piperidine rings is 1. The van der Waals surface area contributed by atoms with Gasteiger partial charge in [-0.25, -0.2) is 17.1 Å². The van der Waals surface area contributed by atoms with Crippen molar-refractivity contribution in [2.45, 2.75) is 30.8 Å². The zero-order valence-electron chi connectivity index (χ0n) is 10.00. The van der Waals surface area contributed by atoms with Gasteiger partial charge in [-0.05, 0) is 12.8 Å². The van der Waals surface area contributed by atoms with E-state index in [0.29, 0.717) is 0 Å². The van der Waals surface area contributed by atoms with Gasteiger partial charge >= 0.3 is 6.18 Å². The van der Waals surface area contributed by atoms with Crippen molar-refractivity contribution >= 4 is 10.0 Å². The van der Waals surface area contributed by atoms with Crippen molar-refractivity contribution in [2.75, 3.05) is 26.5 Å². The van der Waals surface area contributed by atoms with Gasteiger partial charge in [-0.1, -0.05) is 0 Å². The summed E-state index contributed by atoms with van der Waals surface area (Å²) < 4.78 is 79.5. The highest BCUT2D eigenvalue weighted by Crippen LogP contribution is 2.40. The van der Waals surface area contributed by atoms with Gasteiger partial charge in [0.05, 0.1) is 6.26 Å². The number of rotatable bonds is 3. The van der Waals surface area contributed by atoms with Crippen molar-refractivity contribution in [3.05, 3.63) is 0 Å². The van der Waals surface area contributed by atoms with E-state index in [2.05, 4.69) is 4.74 Å². The summed E-state index contributed by atoms with van der Waals surface area (Å²) in [6.07, 6.45) is -7.45. The molecule has 0 aliphatic carbocycles. The molecular formula is C9H15F4NO3S. The van der Waals surface area contributed by atoms with Crippen molar-refractivity contribution in [1.82, 2.24) is 4.31 Å². The van der Waals surface area contributed by atoms with E-state index in [4.69, 9.17) is 0 Å². The van der Waals surface area contributed by atoms with Crippen LogP contribution in [0.1, 0.15) is 12.8 Å². The second kappa shape index (κ2) is 4.93. The first kappa shape index (κ1) is 15.6. The molecule has 1 aliphatic rings. The number of methoxy groups -OCH3 is 1. The highest BCUT2D eigenvalue weighted by molar-refractivity contribution is 7.88. The van der Waals surface area contributed by atoms with E-state index in [-0.39, 0.29) is 13.1 Å². The maximum Gasteiger partial charge on any atom is 0.417 e. The lowest BCUT2D eigenvalue weighted by Gasteiger charge is -2.39. The number of ether oxygens (including phenoxy) is 1. The Hall–Kier alpha value is -0.410. The maximum absolute atomic E-state index is 14.2. The molecule has 0 radical (unpaired) electrons. The van der Waals surface area contributed by atoms with Crippen molar-refractivity contribution in [1.29, 1.82) is 0 Å². The molecule has 1 heterocycles. The van der Waals surface area contributed by atoms with Crippen LogP contribution in [0.15, 0.2) is 0 Å². The van der Waals surface area contributed by atoms with Crippen LogP contribution in [-0.4, -0.2) is 57.1 Å². The van der Waals surface area contributed by atoms with Crippen LogP contribution in [0.4, 0.5) is 17.6 Å². The maximum atomic E-state index is 14.2. The Morgan fingerprint density at radius 3 is 2.00 bits per heavy atom. The minimum Gasteiger partial charge on any atom is -0.369 e. The lowest BCUT2D eigenvalue weighted by atomic mass is 9.88. The summed E-state index contributed by atoms with van der Waals surface area (Å²) in [5.41, 5.74) is -2.58. The van der Waals surface area contributed by atoms with Gasteiger partial charge in [-0.2, -0.15) is 13.2 Å². The number of hydrogen-bond donors (Lipinski definition) is 0. The first-order valence-electron chi connectivity index (χ1n) is 5.24. The van der Waals surface area contributed by atoms with Crippen LogP contribution < -0.4 is 0 Å². The molecule has 1 aliphatic heterocycles. The molecule has 0 N–H and O–H groups in total. The highest BCUT2D eigenvalue weighted by atomic mass is 32.2. The van der Waals surface area contributed by atoms with E-state index in [1.807, 2.05) is 0 Å². The Bertz CT molecular complexity index is 387. The van der Waals surface area contributed by atoms with Crippen molar-refractivity contribution in [3.63, 3.8) is 0 Å². The zero-order chi connectivity index (χ0) is 14.2. The summed E-state index contributed by atoms with van der Waals surface area (Å²) in [7, 11) is -2.71. The lowest BCUT2D eigenvalue weighted by Crippen LogP contribution is -2.55. The second-order valence-corrected chi connectivity index (χ2v) is 6.34. The third kappa shape index (κ3) is 3.33. The third-order valence-corrected chi connectivity index (χ3v) is 4.33. The van der Waals surface area contributed by atoms with E-state index in [1.54, 1.807) is 0 Å². The van der Waals surface area contributed by atoms with Gasteiger partial charge in [0.15, 0.2) is 6.10 Å². The minimum absolute atomic E-state index is 0.273. The molecule has 0 spiro atoms. The quantitative estimate of drug-likeness (QED) is 0.738. The van der Waals surface area contributed by atoms with Crippen LogP contribution in [0.5, 0.6) is 0 Å². The fourth-order valence-corrected chi connectivity index (χ4v) is 2.94. The van der Waals surface area contributed by atoms with E-state index in [0.717, 1.165) is 17.7 Å². The van der Waals surface area contributed by atoms with E-state index in [1.165, 1.54) is 0 Å². The highest BCUT2D eigenvalue weighted by Gasteiger charge is 2.56. The van der Waals surface area contributed by atoms with Gasteiger partial charge in [0.2, 0.25) is 10.0 Å². The second-order valence-electron chi connectivity index (χ2n) is 4.35. The largest absolute Gasteiger partial charge is 0.417 e. The standard InChI is InChI=1S/C9H15F4NO3S/c1-17-7(9(11,12)13)8(10)3-5-14(6-4-8)18(2,15)16/h7H,3-6H2,1-2H3. The average Bonchev–Trinajstić information content (AvgIpc) is 2.14. The molecule has 1 fully saturated rings. The molecule has 1 atom stereocenters. The summed E-state index contributed by atoms with van der Waals surface area (Å²) in [4.78, 5) is 0. The minimum atomic E-state index is -4.81. The van der Waals surface area contributed by atoms with Crippen LogP contribution in [-0.2, 0) is 14.8 Å². The number of alkyl halides is 4. The van der Waals surface area contributed by atoms with Crippen LogP contribution in [0.3, 0.4) is 0 Å². The Balaban J connectivity index is 2.81. The summed E-state index contributed by atoms with van der Waals surface area (Å²) in [6.45, 7) is -0.545. The van der Waals surface area contributed by atoms with Crippen LogP contribution in [0.25, 0.3) is 0 Å².